The van der Waals surface area contributed by atoms with Crippen LogP contribution in [0.25, 0.3) is 0 Å². The fourth-order valence-electron chi connectivity index (χ4n) is 6.19. The van der Waals surface area contributed by atoms with Crippen molar-refractivity contribution >= 4 is 52.9 Å². The Balaban J connectivity index is 0.000000483. The lowest BCUT2D eigenvalue weighted by atomic mass is 9.85. The van der Waals surface area contributed by atoms with E-state index in [1.807, 2.05) is 57.4 Å². The first kappa shape index (κ1) is 45.5. The number of carbonyl (C=O) groups excluding carboxylic acids is 3. The maximum atomic E-state index is 13.2. The topological polar surface area (TPSA) is 158 Å². The number of hydrogen-bond acceptors (Lipinski definition) is 9. The van der Waals surface area contributed by atoms with Gasteiger partial charge in [0.05, 0.1) is 24.5 Å². The maximum Gasteiger partial charge on any atom is 0.409 e. The van der Waals surface area contributed by atoms with Crippen molar-refractivity contribution in [3.63, 3.8) is 0 Å². The SMILES string of the molecule is C#C.COc1cc2cc(c1Cl)N(C)C(=O)CC[C@]1(C)O[C@H]1[C@H](C)[C@@H]1C[C@](O)(C/C=C/C=C(\C)C2)NC(=O)O1.CSC(C)CCC(=O)N(C)[C@@H](C)C(=O)O. The monoisotopic (exact) mass is 777 g/mol. The number of methoxy groups -OCH3 is 1. The molecular weight excluding hydrogens is 722 g/mol. The summed E-state index contributed by atoms with van der Waals surface area (Å²) in [6.45, 7) is 9.48. The number of fused-ring (bicyclic) bond motifs is 5. The minimum atomic E-state index is -1.40. The first-order chi connectivity index (χ1) is 24.8. The van der Waals surface area contributed by atoms with Crippen molar-refractivity contribution in [1.29, 1.82) is 0 Å². The first-order valence-electron chi connectivity index (χ1n) is 17.5. The number of hydrogen-bond donors (Lipinski definition) is 3. The number of halogens is 1. The van der Waals surface area contributed by atoms with Gasteiger partial charge in [-0.15, -0.1) is 12.8 Å². The van der Waals surface area contributed by atoms with Crippen molar-refractivity contribution in [3.8, 4) is 18.6 Å². The summed E-state index contributed by atoms with van der Waals surface area (Å²) in [5, 5.41) is 23.2. The van der Waals surface area contributed by atoms with Gasteiger partial charge in [-0.05, 0) is 64.0 Å². The number of ether oxygens (including phenoxy) is 3. The normalized spacial score (nSPS) is 28.3. The van der Waals surface area contributed by atoms with Crippen LogP contribution in [0.5, 0.6) is 5.75 Å². The molecule has 4 bridgehead atoms. The molecule has 294 valence electrons. The summed E-state index contributed by atoms with van der Waals surface area (Å²) in [5.74, 6) is -0.803. The van der Waals surface area contributed by atoms with Crippen LogP contribution in [0.4, 0.5) is 10.5 Å². The van der Waals surface area contributed by atoms with E-state index in [1.165, 1.54) is 18.9 Å². The number of benzene rings is 1. The van der Waals surface area contributed by atoms with Crippen molar-refractivity contribution in [2.24, 2.45) is 5.92 Å². The van der Waals surface area contributed by atoms with Gasteiger partial charge in [0.1, 0.15) is 28.6 Å². The number of allylic oxidation sites excluding steroid dienone is 3. The van der Waals surface area contributed by atoms with Crippen LogP contribution in [0.15, 0.2) is 35.9 Å². The highest BCUT2D eigenvalue weighted by Crippen LogP contribution is 2.47. The van der Waals surface area contributed by atoms with Gasteiger partial charge in [-0.25, -0.2) is 9.59 Å². The fraction of sp³-hybridized carbons (Fsp3) is 0.590. The zero-order chi connectivity index (χ0) is 40.3. The van der Waals surface area contributed by atoms with Gasteiger partial charge in [0, 0.05) is 50.9 Å². The molecule has 14 heteroatoms. The molecule has 3 aliphatic rings. The first-order valence-corrected chi connectivity index (χ1v) is 19.2. The van der Waals surface area contributed by atoms with Gasteiger partial charge in [0.15, 0.2) is 0 Å². The Kier molecular flexibility index (Phi) is 17.3. The second kappa shape index (κ2) is 20.1. The Morgan fingerprint density at radius 1 is 1.26 bits per heavy atom. The lowest BCUT2D eigenvalue weighted by molar-refractivity contribution is -0.148. The lowest BCUT2D eigenvalue weighted by Gasteiger charge is -2.38. The van der Waals surface area contributed by atoms with E-state index in [4.69, 9.17) is 30.9 Å². The number of aliphatic carboxylic acids is 1. The fourth-order valence-corrected chi connectivity index (χ4v) is 6.86. The Morgan fingerprint density at radius 3 is 2.53 bits per heavy atom. The molecule has 1 unspecified atom stereocenters. The molecule has 0 spiro atoms. The van der Waals surface area contributed by atoms with Crippen LogP contribution in [0.1, 0.15) is 78.7 Å². The molecule has 3 heterocycles. The van der Waals surface area contributed by atoms with E-state index in [0.29, 0.717) is 41.0 Å². The van der Waals surface area contributed by atoms with Gasteiger partial charge in [0.2, 0.25) is 11.8 Å². The Hall–Kier alpha value is -3.70. The van der Waals surface area contributed by atoms with Gasteiger partial charge in [-0.3, -0.25) is 14.9 Å². The molecule has 0 saturated carbocycles. The molecule has 7 atom stereocenters. The second-order valence-electron chi connectivity index (χ2n) is 14.0. The second-order valence-corrected chi connectivity index (χ2v) is 15.7. The number of alkyl carbamates (subject to hydrolysis) is 1. The summed E-state index contributed by atoms with van der Waals surface area (Å²) in [5.41, 5.74) is 0.692. The Bertz CT molecular complexity index is 1550. The van der Waals surface area contributed by atoms with Crippen LogP contribution in [-0.2, 0) is 30.3 Å². The van der Waals surface area contributed by atoms with Gasteiger partial charge >= 0.3 is 12.1 Å². The number of carboxylic acids is 1. The van der Waals surface area contributed by atoms with E-state index in [1.54, 1.807) is 30.8 Å². The average molecular weight is 778 g/mol. The van der Waals surface area contributed by atoms with Crippen molar-refractivity contribution in [1.82, 2.24) is 10.2 Å². The largest absolute Gasteiger partial charge is 0.495 e. The summed E-state index contributed by atoms with van der Waals surface area (Å²) < 4.78 is 17.0. The molecule has 0 aliphatic carbocycles. The number of amides is 3. The standard InChI is InChI=1S/C27H35ClN2O6.C10H19NO3S.C2H2/c1-16-8-6-7-10-27(33)15-21(35-25(32)29-27)17(2)24-26(3,36-24)11-9-22(31)30(4)19-13-18(12-16)14-20(34-5)23(19)28;1-7(15-4)5-6-9(12)11(3)8(2)10(13)14;1-2/h6-8,13-14,17,21,24,33H,9-12,15H2,1-5H3,(H,29,32);7-8H,5-6H2,1-4H3,(H,13,14);1-2H/b7-6+,16-8+;;/t17-,21+,24+,26+,27-;7?,8-;/m10./s1. The van der Waals surface area contributed by atoms with Gasteiger partial charge in [-0.1, -0.05) is 49.2 Å². The highest BCUT2D eigenvalue weighted by molar-refractivity contribution is 7.99. The van der Waals surface area contributed by atoms with E-state index in [-0.39, 0.29) is 43.1 Å². The smallest absolute Gasteiger partial charge is 0.409 e. The van der Waals surface area contributed by atoms with Crippen molar-refractivity contribution < 1.29 is 43.6 Å². The van der Waals surface area contributed by atoms with Crippen LogP contribution < -0.4 is 15.0 Å². The summed E-state index contributed by atoms with van der Waals surface area (Å²) in [6.07, 6.45) is 17.4. The van der Waals surface area contributed by atoms with Crippen molar-refractivity contribution in [2.75, 3.05) is 32.4 Å². The van der Waals surface area contributed by atoms with Crippen LogP contribution in [0.3, 0.4) is 0 Å². The quantitative estimate of drug-likeness (QED) is 0.215. The maximum absolute atomic E-state index is 13.2. The molecule has 0 radical (unpaired) electrons. The van der Waals surface area contributed by atoms with Gasteiger partial charge in [0.25, 0.3) is 0 Å². The van der Waals surface area contributed by atoms with Crippen molar-refractivity contribution in [3.05, 3.63) is 46.5 Å². The number of thioether (sulfide) groups is 1. The zero-order valence-corrected chi connectivity index (χ0v) is 33.9. The molecule has 3 amide bonds. The molecule has 1 aromatic carbocycles. The highest BCUT2D eigenvalue weighted by Gasteiger charge is 2.58. The van der Waals surface area contributed by atoms with E-state index >= 15 is 0 Å². The predicted octanol–water partition coefficient (Wildman–Crippen LogP) is 6.22. The number of nitrogens with zero attached hydrogens (tertiary/aromatic N) is 2. The summed E-state index contributed by atoms with van der Waals surface area (Å²) >= 11 is 8.29. The third kappa shape index (κ3) is 12.7. The number of terminal acetylenes is 1. The van der Waals surface area contributed by atoms with Crippen LogP contribution in [0, 0.1) is 18.8 Å². The van der Waals surface area contributed by atoms with Crippen LogP contribution in [0.2, 0.25) is 5.02 Å². The molecule has 2 saturated heterocycles. The molecule has 0 aromatic heterocycles. The van der Waals surface area contributed by atoms with Gasteiger partial charge < -0.3 is 34.2 Å². The van der Waals surface area contributed by atoms with E-state index < -0.39 is 35.5 Å². The molecule has 12 nitrogen and oxygen atoms in total. The van der Waals surface area contributed by atoms with E-state index in [0.717, 1.165) is 17.6 Å². The Labute approximate surface area is 323 Å². The summed E-state index contributed by atoms with van der Waals surface area (Å²) in [7, 11) is 4.80. The summed E-state index contributed by atoms with van der Waals surface area (Å²) in [4.78, 5) is 50.5. The number of carboxylic acid groups (broad SMARTS) is 1. The molecule has 2 fully saturated rings. The molecule has 53 heavy (non-hydrogen) atoms. The number of carbonyl (C=O) groups is 4. The number of anilines is 1. The lowest BCUT2D eigenvalue weighted by Crippen LogP contribution is -2.57. The molecule has 1 aromatic rings. The summed E-state index contributed by atoms with van der Waals surface area (Å²) in [6, 6.07) is 3.04. The highest BCUT2D eigenvalue weighted by atomic mass is 35.5. The number of likely N-dealkylation sites (N-methyl/N-ethyl adjacent to an activating group) is 1. The minimum absolute atomic E-state index is 0.0879. The minimum Gasteiger partial charge on any atom is -0.495 e. The van der Waals surface area contributed by atoms with Crippen LogP contribution in [-0.4, -0.2) is 101 Å². The van der Waals surface area contributed by atoms with E-state index in [2.05, 4.69) is 25.1 Å². The zero-order valence-electron chi connectivity index (χ0n) is 32.3. The average Bonchev–Trinajstić information content (AvgIpc) is 3.81. The predicted molar refractivity (Wildman–Crippen MR) is 209 cm³/mol. The number of epoxide rings is 1. The van der Waals surface area contributed by atoms with Gasteiger partial charge in [-0.2, -0.15) is 11.8 Å². The van der Waals surface area contributed by atoms with E-state index in [9.17, 15) is 24.3 Å². The number of nitrogens with one attached hydrogen (secondary N) is 1. The van der Waals surface area contributed by atoms with Crippen LogP contribution >= 0.6 is 23.4 Å². The number of aliphatic hydroxyl groups is 1. The third-order valence-electron chi connectivity index (χ3n) is 9.96. The third-order valence-corrected chi connectivity index (χ3v) is 11.4. The Morgan fingerprint density at radius 2 is 1.92 bits per heavy atom. The number of rotatable bonds is 7. The molecule has 4 rings (SSSR count). The van der Waals surface area contributed by atoms with Crippen molar-refractivity contribution in [2.45, 2.75) is 114 Å². The molecule has 3 N–H and O–H groups in total. The molecular formula is C39H56ClN3O9S. The molecule has 3 aliphatic heterocycles.